The van der Waals surface area contributed by atoms with Gasteiger partial charge in [-0.05, 0) is 31.9 Å². The number of hydrogen-bond donors (Lipinski definition) is 2. The number of fused-ring (bicyclic) bond motifs is 2. The minimum Gasteiger partial charge on any atom is -0.505 e. The number of carbonyl (C=O) groups is 3. The third-order valence-electron chi connectivity index (χ3n) is 6.71. The molecule has 9 nitrogen and oxygen atoms in total. The van der Waals surface area contributed by atoms with Crippen molar-refractivity contribution in [1.82, 2.24) is 10.0 Å². The second kappa shape index (κ2) is 12.1. The predicted octanol–water partition coefficient (Wildman–Crippen LogP) is 6.77. The van der Waals surface area contributed by atoms with Gasteiger partial charge in [0, 0.05) is 0 Å². The SMILES string of the molecule is CC(C)(C)OC(=O)C(C#N)=C1Sc2c(O)c3c(c(O)c2S1)SC(=C1C(=O)N(Cc2ccccc2)N(Cc2ccccc2)C1=O)S3. The topological polar surface area (TPSA) is 131 Å². The Labute approximate surface area is 276 Å². The van der Waals surface area contributed by atoms with E-state index < -0.39 is 23.4 Å². The normalized spacial score (nSPS) is 15.8. The lowest BCUT2D eigenvalue weighted by Crippen LogP contribution is -2.39. The summed E-state index contributed by atoms with van der Waals surface area (Å²) in [5.41, 5.74) is 0.629. The molecule has 2 N–H and O–H groups in total. The number of hydrazine groups is 1. The zero-order chi connectivity index (χ0) is 32.0. The van der Waals surface area contributed by atoms with Gasteiger partial charge in [0.2, 0.25) is 0 Å². The second-order valence-corrected chi connectivity index (χ2v) is 15.7. The summed E-state index contributed by atoms with van der Waals surface area (Å²) in [6, 6.07) is 20.7. The average molecular weight is 676 g/mol. The Morgan fingerprint density at radius 1 is 0.778 bits per heavy atom. The van der Waals surface area contributed by atoms with Gasteiger partial charge in [-0.3, -0.25) is 9.59 Å². The zero-order valence-electron chi connectivity index (χ0n) is 24.2. The number of benzene rings is 3. The van der Waals surface area contributed by atoms with Gasteiger partial charge in [-0.15, -0.1) is 0 Å². The predicted molar refractivity (Wildman–Crippen MR) is 173 cm³/mol. The molecule has 13 heteroatoms. The van der Waals surface area contributed by atoms with Crippen molar-refractivity contribution in [2.75, 3.05) is 0 Å². The molecule has 0 radical (unpaired) electrons. The monoisotopic (exact) mass is 675 g/mol. The molecule has 0 unspecified atom stereocenters. The van der Waals surface area contributed by atoms with Gasteiger partial charge in [0.15, 0.2) is 5.57 Å². The van der Waals surface area contributed by atoms with E-state index in [9.17, 15) is 29.9 Å². The van der Waals surface area contributed by atoms with Gasteiger partial charge in [-0.1, -0.05) is 108 Å². The Morgan fingerprint density at radius 2 is 1.20 bits per heavy atom. The number of nitrogens with zero attached hydrogens (tertiary/aromatic N) is 3. The summed E-state index contributed by atoms with van der Waals surface area (Å²) < 4.78 is 5.99. The lowest BCUT2D eigenvalue weighted by atomic mass is 10.2. The molecule has 0 aromatic heterocycles. The number of carbonyl (C=O) groups excluding carboxylic acids is 3. The highest BCUT2D eigenvalue weighted by atomic mass is 32.2. The number of amides is 2. The van der Waals surface area contributed by atoms with Gasteiger partial charge in [0.1, 0.15) is 28.7 Å². The first-order valence-corrected chi connectivity index (χ1v) is 16.9. The van der Waals surface area contributed by atoms with Gasteiger partial charge in [-0.25, -0.2) is 14.8 Å². The first kappa shape index (κ1) is 31.0. The minimum atomic E-state index is -0.814. The van der Waals surface area contributed by atoms with Crippen LogP contribution < -0.4 is 0 Å². The Hall–Kier alpha value is -3.96. The Balaban J connectivity index is 1.34. The van der Waals surface area contributed by atoms with Gasteiger partial charge >= 0.3 is 5.97 Å². The van der Waals surface area contributed by atoms with Crippen molar-refractivity contribution in [3.63, 3.8) is 0 Å². The molecular formula is C32H25N3O6S4. The number of nitriles is 1. The molecule has 3 aliphatic heterocycles. The van der Waals surface area contributed by atoms with Gasteiger partial charge in [0.25, 0.3) is 11.8 Å². The molecule has 45 heavy (non-hydrogen) atoms. The molecule has 2 amide bonds. The van der Waals surface area contributed by atoms with Crippen molar-refractivity contribution < 1.29 is 29.3 Å². The molecule has 6 rings (SSSR count). The Morgan fingerprint density at radius 3 is 1.60 bits per heavy atom. The average Bonchev–Trinajstić information content (AvgIpc) is 3.69. The van der Waals surface area contributed by atoms with E-state index in [1.54, 1.807) is 20.8 Å². The van der Waals surface area contributed by atoms with Crippen molar-refractivity contribution in [1.29, 1.82) is 5.26 Å². The molecule has 228 valence electrons. The number of phenolic OH excluding ortho intramolecular Hbond substituents is 2. The largest absolute Gasteiger partial charge is 0.505 e. The summed E-state index contributed by atoms with van der Waals surface area (Å²) in [5, 5.41) is 35.2. The lowest BCUT2D eigenvalue weighted by molar-refractivity contribution is -0.149. The molecular weight excluding hydrogens is 651 g/mol. The van der Waals surface area contributed by atoms with Crippen LogP contribution in [0, 0.1) is 11.3 Å². The van der Waals surface area contributed by atoms with Crippen LogP contribution in [0.1, 0.15) is 31.9 Å². The van der Waals surface area contributed by atoms with E-state index in [1.807, 2.05) is 66.7 Å². The van der Waals surface area contributed by atoms with Crippen LogP contribution >= 0.6 is 47.0 Å². The first-order chi connectivity index (χ1) is 21.5. The van der Waals surface area contributed by atoms with Crippen molar-refractivity contribution in [2.24, 2.45) is 0 Å². The van der Waals surface area contributed by atoms with E-state index in [2.05, 4.69) is 0 Å². The van der Waals surface area contributed by atoms with Crippen LogP contribution in [-0.2, 0) is 32.2 Å². The molecule has 0 spiro atoms. The fraction of sp³-hybridized carbons (Fsp3) is 0.188. The van der Waals surface area contributed by atoms with E-state index >= 15 is 0 Å². The number of hydrogen-bond acceptors (Lipinski definition) is 11. The molecule has 3 aromatic carbocycles. The van der Waals surface area contributed by atoms with Crippen molar-refractivity contribution in [3.05, 3.63) is 91.4 Å². The van der Waals surface area contributed by atoms with Gasteiger partial charge < -0.3 is 14.9 Å². The van der Waals surface area contributed by atoms with E-state index in [4.69, 9.17) is 4.74 Å². The highest BCUT2D eigenvalue weighted by Gasteiger charge is 2.46. The molecule has 0 saturated carbocycles. The van der Waals surface area contributed by atoms with Gasteiger partial charge in [0.05, 0.1) is 41.1 Å². The minimum absolute atomic E-state index is 0.0374. The Kier molecular flexibility index (Phi) is 8.34. The maximum atomic E-state index is 13.9. The van der Waals surface area contributed by atoms with Crippen LogP contribution in [0.5, 0.6) is 11.5 Å². The summed E-state index contributed by atoms with van der Waals surface area (Å²) in [7, 11) is 0. The van der Waals surface area contributed by atoms with Crippen LogP contribution in [-0.4, -0.2) is 43.6 Å². The standard InChI is InChI=1S/C32H25N3O6S4/c1-32(2,3)41-29(40)19(14-33)30-42-23-21(36)25-26(22(37)24(23)43-30)45-31(44-25)20-27(38)34(15-17-10-6-4-7-11-17)35(28(20)39)16-18-12-8-5-9-13-18/h4-13,36-37H,15-16H2,1-3H3. The quantitative estimate of drug-likeness (QED) is 0.0977. The Bertz CT molecular complexity index is 1760. The molecule has 3 heterocycles. The fourth-order valence-electron chi connectivity index (χ4n) is 4.71. The molecule has 0 atom stereocenters. The van der Waals surface area contributed by atoms with Crippen molar-refractivity contribution >= 4 is 64.8 Å². The van der Waals surface area contributed by atoms with Crippen LogP contribution in [0.3, 0.4) is 0 Å². The zero-order valence-corrected chi connectivity index (χ0v) is 27.5. The number of ether oxygens (including phenoxy) is 1. The summed E-state index contributed by atoms with van der Waals surface area (Å²) >= 11 is 4.05. The molecule has 0 aliphatic carbocycles. The summed E-state index contributed by atoms with van der Waals surface area (Å²) in [4.78, 5) is 41.7. The van der Waals surface area contributed by atoms with Crippen LogP contribution in [0.2, 0.25) is 0 Å². The summed E-state index contributed by atoms with van der Waals surface area (Å²) in [6.07, 6.45) is 0. The van der Waals surface area contributed by atoms with Crippen LogP contribution in [0.4, 0.5) is 0 Å². The maximum Gasteiger partial charge on any atom is 0.351 e. The van der Waals surface area contributed by atoms with E-state index in [0.717, 1.165) is 58.2 Å². The first-order valence-electron chi connectivity index (χ1n) is 13.6. The van der Waals surface area contributed by atoms with Crippen LogP contribution in [0.25, 0.3) is 0 Å². The van der Waals surface area contributed by atoms with Crippen LogP contribution in [0.15, 0.2) is 99.9 Å². The van der Waals surface area contributed by atoms with E-state index in [1.165, 1.54) is 10.0 Å². The van der Waals surface area contributed by atoms with E-state index in [0.29, 0.717) is 14.0 Å². The number of phenols is 2. The second-order valence-electron chi connectivity index (χ2n) is 11.1. The summed E-state index contributed by atoms with van der Waals surface area (Å²) in [5.74, 6) is -2.08. The highest BCUT2D eigenvalue weighted by molar-refractivity contribution is 8.26. The maximum absolute atomic E-state index is 13.9. The number of esters is 1. The molecule has 0 bridgehead atoms. The third kappa shape index (κ3) is 5.91. The number of thioether (sulfide) groups is 4. The van der Waals surface area contributed by atoms with Crippen molar-refractivity contribution in [2.45, 2.75) is 59.0 Å². The number of rotatable bonds is 5. The van der Waals surface area contributed by atoms with Gasteiger partial charge in [-0.2, -0.15) is 5.26 Å². The van der Waals surface area contributed by atoms with E-state index in [-0.39, 0.29) is 49.8 Å². The smallest absolute Gasteiger partial charge is 0.351 e. The molecule has 1 saturated heterocycles. The third-order valence-corrected chi connectivity index (χ3v) is 11.9. The fourth-order valence-corrected chi connectivity index (χ4v) is 9.98. The summed E-state index contributed by atoms with van der Waals surface area (Å²) in [6.45, 7) is 5.45. The molecule has 1 fully saturated rings. The lowest BCUT2D eigenvalue weighted by Gasteiger charge is -2.27. The highest BCUT2D eigenvalue weighted by Crippen LogP contribution is 2.68. The molecule has 3 aliphatic rings. The van der Waals surface area contributed by atoms with Crippen molar-refractivity contribution in [3.8, 4) is 17.6 Å². The number of aromatic hydroxyl groups is 2. The molecule has 3 aromatic rings.